The van der Waals surface area contributed by atoms with Crippen LogP contribution in [0.3, 0.4) is 0 Å². The maximum Gasteiger partial charge on any atom is 0.160 e. The number of phenolic OH excluding ortho intramolecular Hbond substituents is 1. The molecule has 1 aromatic carbocycles. The molecule has 90 valence electrons. The Morgan fingerprint density at radius 1 is 1.25 bits per heavy atom. The molecule has 0 fully saturated rings. The number of hydrogen-bond acceptors (Lipinski definition) is 2. The number of phenols is 1. The quantitative estimate of drug-likeness (QED) is 0.824. The zero-order valence-corrected chi connectivity index (χ0v) is 10.7. The van der Waals surface area contributed by atoms with Gasteiger partial charge in [0.1, 0.15) is 0 Å². The fourth-order valence-corrected chi connectivity index (χ4v) is 1.62. The molecular formula is C14H22O2. The number of rotatable bonds is 5. The number of methoxy groups -OCH3 is 1. The summed E-state index contributed by atoms with van der Waals surface area (Å²) >= 11 is 0. The lowest BCUT2D eigenvalue weighted by Crippen LogP contribution is -2.05. The second-order valence-corrected chi connectivity index (χ2v) is 4.77. The van der Waals surface area contributed by atoms with Gasteiger partial charge in [-0.3, -0.25) is 0 Å². The Bertz CT molecular complexity index is 332. The van der Waals surface area contributed by atoms with Crippen LogP contribution in [0.1, 0.15) is 32.8 Å². The molecule has 0 spiro atoms. The van der Waals surface area contributed by atoms with Crippen molar-refractivity contribution in [3.05, 3.63) is 23.8 Å². The van der Waals surface area contributed by atoms with E-state index in [4.69, 9.17) is 4.74 Å². The summed E-state index contributed by atoms with van der Waals surface area (Å²) < 4.78 is 5.01. The average Bonchev–Trinajstić information content (AvgIpc) is 2.25. The van der Waals surface area contributed by atoms with E-state index in [0.717, 1.165) is 12.8 Å². The zero-order chi connectivity index (χ0) is 12.1. The number of ether oxygens (including phenoxy) is 1. The van der Waals surface area contributed by atoms with Crippen LogP contribution in [-0.2, 0) is 6.42 Å². The Morgan fingerprint density at radius 3 is 2.44 bits per heavy atom. The van der Waals surface area contributed by atoms with Crippen molar-refractivity contribution in [1.29, 1.82) is 0 Å². The molecular weight excluding hydrogens is 200 g/mol. The van der Waals surface area contributed by atoms with E-state index in [2.05, 4.69) is 20.8 Å². The summed E-state index contributed by atoms with van der Waals surface area (Å²) in [6.07, 6.45) is 2.17. The highest BCUT2D eigenvalue weighted by Crippen LogP contribution is 2.27. The van der Waals surface area contributed by atoms with E-state index in [0.29, 0.717) is 17.6 Å². The van der Waals surface area contributed by atoms with Gasteiger partial charge in [-0.25, -0.2) is 0 Å². The van der Waals surface area contributed by atoms with Crippen LogP contribution in [0, 0.1) is 11.8 Å². The highest BCUT2D eigenvalue weighted by Gasteiger charge is 2.08. The molecule has 1 rings (SSSR count). The Morgan fingerprint density at radius 2 is 1.94 bits per heavy atom. The molecule has 0 radical (unpaired) electrons. The van der Waals surface area contributed by atoms with E-state index in [1.54, 1.807) is 13.2 Å². The second-order valence-electron chi connectivity index (χ2n) is 4.77. The van der Waals surface area contributed by atoms with Gasteiger partial charge in [0, 0.05) is 0 Å². The third-order valence-electron chi connectivity index (χ3n) is 3.27. The number of aromatic hydroxyl groups is 1. The van der Waals surface area contributed by atoms with E-state index in [1.807, 2.05) is 12.1 Å². The molecule has 16 heavy (non-hydrogen) atoms. The third kappa shape index (κ3) is 3.44. The molecule has 1 N–H and O–H groups in total. The summed E-state index contributed by atoms with van der Waals surface area (Å²) in [5, 5.41) is 9.64. The van der Waals surface area contributed by atoms with E-state index < -0.39 is 0 Å². The molecule has 0 saturated carbocycles. The molecule has 0 aliphatic carbocycles. The summed E-state index contributed by atoms with van der Waals surface area (Å²) in [5.41, 5.74) is 1.17. The first kappa shape index (κ1) is 12.9. The van der Waals surface area contributed by atoms with Crippen molar-refractivity contribution < 1.29 is 9.84 Å². The molecule has 0 bridgehead atoms. The van der Waals surface area contributed by atoms with Gasteiger partial charge >= 0.3 is 0 Å². The van der Waals surface area contributed by atoms with Crippen molar-refractivity contribution in [1.82, 2.24) is 0 Å². The third-order valence-corrected chi connectivity index (χ3v) is 3.27. The minimum absolute atomic E-state index is 0.234. The van der Waals surface area contributed by atoms with Gasteiger partial charge in [0.2, 0.25) is 0 Å². The molecule has 0 amide bonds. The zero-order valence-electron chi connectivity index (χ0n) is 10.7. The van der Waals surface area contributed by atoms with Crippen molar-refractivity contribution in [2.24, 2.45) is 11.8 Å². The molecule has 1 unspecified atom stereocenters. The lowest BCUT2D eigenvalue weighted by atomic mass is 9.91. The van der Waals surface area contributed by atoms with Crippen LogP contribution < -0.4 is 4.74 Å². The van der Waals surface area contributed by atoms with Crippen LogP contribution in [0.5, 0.6) is 11.5 Å². The van der Waals surface area contributed by atoms with Crippen LogP contribution in [-0.4, -0.2) is 12.2 Å². The molecule has 2 nitrogen and oxygen atoms in total. The fourth-order valence-electron chi connectivity index (χ4n) is 1.62. The highest BCUT2D eigenvalue weighted by molar-refractivity contribution is 5.41. The Balaban J connectivity index is 2.58. The smallest absolute Gasteiger partial charge is 0.160 e. The van der Waals surface area contributed by atoms with Gasteiger partial charge in [0.05, 0.1) is 7.11 Å². The van der Waals surface area contributed by atoms with E-state index in [-0.39, 0.29) is 5.75 Å². The fraction of sp³-hybridized carbons (Fsp3) is 0.571. The lowest BCUT2D eigenvalue weighted by molar-refractivity contribution is 0.371. The molecule has 0 heterocycles. The van der Waals surface area contributed by atoms with Crippen molar-refractivity contribution in [3.63, 3.8) is 0 Å². The number of hydrogen-bond donors (Lipinski definition) is 1. The van der Waals surface area contributed by atoms with Gasteiger partial charge in [-0.1, -0.05) is 26.8 Å². The van der Waals surface area contributed by atoms with Gasteiger partial charge in [-0.15, -0.1) is 0 Å². The van der Waals surface area contributed by atoms with Gasteiger partial charge in [0.15, 0.2) is 11.5 Å². The summed E-state index contributed by atoms with van der Waals surface area (Å²) in [7, 11) is 1.57. The van der Waals surface area contributed by atoms with Crippen molar-refractivity contribution >= 4 is 0 Å². The molecule has 1 aromatic rings. The van der Waals surface area contributed by atoms with Crippen LogP contribution in [0.2, 0.25) is 0 Å². The Kier molecular flexibility index (Phi) is 4.66. The largest absolute Gasteiger partial charge is 0.504 e. The van der Waals surface area contributed by atoms with Crippen LogP contribution in [0.15, 0.2) is 18.2 Å². The van der Waals surface area contributed by atoms with Gasteiger partial charge in [-0.05, 0) is 42.4 Å². The second kappa shape index (κ2) is 5.78. The molecule has 2 heteroatoms. The van der Waals surface area contributed by atoms with Crippen LogP contribution in [0.25, 0.3) is 0 Å². The number of benzene rings is 1. The minimum atomic E-state index is 0.234. The maximum absolute atomic E-state index is 9.64. The first-order valence-corrected chi connectivity index (χ1v) is 5.90. The van der Waals surface area contributed by atoms with Crippen molar-refractivity contribution in [2.45, 2.75) is 33.6 Å². The summed E-state index contributed by atoms with van der Waals surface area (Å²) in [6.45, 7) is 6.76. The predicted octanol–water partition coefficient (Wildman–Crippen LogP) is 3.63. The molecule has 0 aliphatic heterocycles. The van der Waals surface area contributed by atoms with Crippen LogP contribution >= 0.6 is 0 Å². The van der Waals surface area contributed by atoms with Gasteiger partial charge in [0.25, 0.3) is 0 Å². The van der Waals surface area contributed by atoms with Gasteiger partial charge in [-0.2, -0.15) is 0 Å². The standard InChI is InChI=1S/C14H22O2/c1-10(2)11(3)5-6-12-7-8-14(16-4)13(15)9-12/h7-11,15H,5-6H2,1-4H3. The summed E-state index contributed by atoms with van der Waals surface area (Å²) in [5.74, 6) is 2.20. The van der Waals surface area contributed by atoms with Gasteiger partial charge < -0.3 is 9.84 Å². The maximum atomic E-state index is 9.64. The van der Waals surface area contributed by atoms with Crippen LogP contribution in [0.4, 0.5) is 0 Å². The Labute approximate surface area is 98.3 Å². The predicted molar refractivity (Wildman–Crippen MR) is 67.0 cm³/mol. The Hall–Kier alpha value is -1.18. The molecule has 0 aliphatic rings. The van der Waals surface area contributed by atoms with Crippen molar-refractivity contribution in [2.75, 3.05) is 7.11 Å². The lowest BCUT2D eigenvalue weighted by Gasteiger charge is -2.15. The monoisotopic (exact) mass is 222 g/mol. The topological polar surface area (TPSA) is 29.5 Å². The summed E-state index contributed by atoms with van der Waals surface area (Å²) in [6, 6.07) is 5.64. The SMILES string of the molecule is COc1ccc(CCC(C)C(C)C)cc1O. The average molecular weight is 222 g/mol. The highest BCUT2D eigenvalue weighted by atomic mass is 16.5. The normalized spacial score (nSPS) is 12.8. The first-order chi connectivity index (χ1) is 7.54. The number of aryl methyl sites for hydroxylation is 1. The van der Waals surface area contributed by atoms with Crippen molar-refractivity contribution in [3.8, 4) is 11.5 Å². The summed E-state index contributed by atoms with van der Waals surface area (Å²) in [4.78, 5) is 0. The first-order valence-electron chi connectivity index (χ1n) is 5.90. The molecule has 0 aromatic heterocycles. The molecule has 0 saturated heterocycles. The minimum Gasteiger partial charge on any atom is -0.504 e. The molecule has 1 atom stereocenters. The van der Waals surface area contributed by atoms with E-state index >= 15 is 0 Å². The van der Waals surface area contributed by atoms with E-state index in [9.17, 15) is 5.11 Å². The van der Waals surface area contributed by atoms with E-state index in [1.165, 1.54) is 5.56 Å².